The molecule has 6 heteroatoms. The van der Waals surface area contributed by atoms with Gasteiger partial charge in [0, 0.05) is 44.8 Å². The van der Waals surface area contributed by atoms with Crippen LogP contribution in [0.15, 0.2) is 41.8 Å². The second-order valence-corrected chi connectivity index (χ2v) is 7.09. The first-order valence-corrected chi connectivity index (χ1v) is 9.43. The predicted molar refractivity (Wildman–Crippen MR) is 101 cm³/mol. The molecule has 0 spiro atoms. The molecule has 2 heterocycles. The fourth-order valence-electron chi connectivity index (χ4n) is 3.05. The van der Waals surface area contributed by atoms with Crippen molar-refractivity contribution in [2.24, 2.45) is 0 Å². The van der Waals surface area contributed by atoms with Gasteiger partial charge in [-0.2, -0.15) is 0 Å². The number of nitrogens with zero attached hydrogens (tertiary/aromatic N) is 2. The summed E-state index contributed by atoms with van der Waals surface area (Å²) in [6.07, 6.45) is 0.349. The minimum Gasteiger partial charge on any atom is -0.368 e. The highest BCUT2D eigenvalue weighted by atomic mass is 32.1. The Morgan fingerprint density at radius 3 is 2.52 bits per heavy atom. The molecule has 2 aromatic rings. The van der Waals surface area contributed by atoms with Gasteiger partial charge in [0.1, 0.15) is 0 Å². The van der Waals surface area contributed by atoms with Gasteiger partial charge in [-0.15, -0.1) is 11.3 Å². The van der Waals surface area contributed by atoms with Crippen LogP contribution in [0.4, 0.5) is 5.69 Å². The van der Waals surface area contributed by atoms with Crippen molar-refractivity contribution in [2.75, 3.05) is 37.6 Å². The smallest absolute Gasteiger partial charge is 0.261 e. The molecule has 3 rings (SSSR count). The Hall–Kier alpha value is -2.34. The average molecular weight is 357 g/mol. The lowest BCUT2D eigenvalue weighted by Gasteiger charge is -2.36. The van der Waals surface area contributed by atoms with E-state index < -0.39 is 0 Å². The van der Waals surface area contributed by atoms with Crippen LogP contribution in [-0.2, 0) is 4.79 Å². The molecule has 1 N–H and O–H groups in total. The van der Waals surface area contributed by atoms with Gasteiger partial charge in [-0.3, -0.25) is 9.59 Å². The Kier molecular flexibility index (Phi) is 5.71. The number of hydrogen-bond acceptors (Lipinski definition) is 4. The van der Waals surface area contributed by atoms with E-state index in [9.17, 15) is 9.59 Å². The lowest BCUT2D eigenvalue weighted by molar-refractivity contribution is -0.131. The molecule has 1 aromatic carbocycles. The summed E-state index contributed by atoms with van der Waals surface area (Å²) in [5.74, 6) is 0.00286. The number of piperazine rings is 1. The van der Waals surface area contributed by atoms with Gasteiger partial charge in [0.05, 0.1) is 4.88 Å². The third-order valence-corrected chi connectivity index (χ3v) is 5.33. The van der Waals surface area contributed by atoms with Gasteiger partial charge >= 0.3 is 0 Å². The second kappa shape index (κ2) is 8.16. The number of thiophene rings is 1. The normalized spacial score (nSPS) is 14.4. The summed E-state index contributed by atoms with van der Waals surface area (Å²) < 4.78 is 0. The minimum absolute atomic E-state index is 0.104. The molecule has 0 unspecified atom stereocenters. The van der Waals surface area contributed by atoms with Crippen molar-refractivity contribution in [1.29, 1.82) is 0 Å². The van der Waals surface area contributed by atoms with E-state index in [1.165, 1.54) is 22.6 Å². The Balaban J connectivity index is 1.42. The molecule has 0 saturated carbocycles. The molecule has 2 amide bonds. The third kappa shape index (κ3) is 4.39. The monoisotopic (exact) mass is 357 g/mol. The summed E-state index contributed by atoms with van der Waals surface area (Å²) in [5, 5.41) is 4.68. The maximum atomic E-state index is 12.3. The SMILES string of the molecule is Cc1ccccc1N1CCN(C(=O)CCNC(=O)c2cccs2)CC1. The molecule has 1 aliphatic rings. The van der Waals surface area contributed by atoms with Crippen LogP contribution in [0.25, 0.3) is 0 Å². The number of nitrogens with one attached hydrogen (secondary N) is 1. The number of para-hydroxylation sites is 1. The minimum atomic E-state index is -0.104. The third-order valence-electron chi connectivity index (χ3n) is 4.46. The van der Waals surface area contributed by atoms with Crippen LogP contribution >= 0.6 is 11.3 Å². The zero-order valence-corrected chi connectivity index (χ0v) is 15.2. The molecule has 0 radical (unpaired) electrons. The average Bonchev–Trinajstić information content (AvgIpc) is 3.17. The van der Waals surface area contributed by atoms with Crippen molar-refractivity contribution < 1.29 is 9.59 Å². The summed E-state index contributed by atoms with van der Waals surface area (Å²) in [6.45, 7) is 5.64. The van der Waals surface area contributed by atoms with Crippen molar-refractivity contribution in [3.8, 4) is 0 Å². The second-order valence-electron chi connectivity index (χ2n) is 6.14. The van der Waals surface area contributed by atoms with E-state index in [-0.39, 0.29) is 11.8 Å². The highest BCUT2D eigenvalue weighted by Crippen LogP contribution is 2.20. The van der Waals surface area contributed by atoms with Gasteiger partial charge in [-0.1, -0.05) is 24.3 Å². The molecule has 1 fully saturated rings. The molecular weight excluding hydrogens is 334 g/mol. The Morgan fingerprint density at radius 1 is 1.08 bits per heavy atom. The van der Waals surface area contributed by atoms with E-state index in [2.05, 4.69) is 35.3 Å². The lowest BCUT2D eigenvalue weighted by atomic mass is 10.1. The fraction of sp³-hybridized carbons (Fsp3) is 0.368. The van der Waals surface area contributed by atoms with E-state index in [4.69, 9.17) is 0 Å². The highest BCUT2D eigenvalue weighted by Gasteiger charge is 2.21. The summed E-state index contributed by atoms with van der Waals surface area (Å²) in [7, 11) is 0. The van der Waals surface area contributed by atoms with Gasteiger partial charge in [-0.25, -0.2) is 0 Å². The first kappa shape index (κ1) is 17.5. The zero-order chi connectivity index (χ0) is 17.6. The van der Waals surface area contributed by atoms with Gasteiger partial charge in [0.15, 0.2) is 0 Å². The first-order chi connectivity index (χ1) is 12.1. The van der Waals surface area contributed by atoms with Gasteiger partial charge in [0.25, 0.3) is 5.91 Å². The number of amides is 2. The van der Waals surface area contributed by atoms with Crippen LogP contribution in [0.1, 0.15) is 21.7 Å². The van der Waals surface area contributed by atoms with Crippen LogP contribution in [0, 0.1) is 6.92 Å². The molecule has 5 nitrogen and oxygen atoms in total. The zero-order valence-electron chi connectivity index (χ0n) is 14.4. The molecular formula is C19H23N3O2S. The Labute approximate surface area is 152 Å². The van der Waals surface area contributed by atoms with Crippen molar-refractivity contribution in [2.45, 2.75) is 13.3 Å². The van der Waals surface area contributed by atoms with E-state index in [1.807, 2.05) is 22.4 Å². The van der Waals surface area contributed by atoms with E-state index >= 15 is 0 Å². The van der Waals surface area contributed by atoms with Gasteiger partial charge < -0.3 is 15.1 Å². The van der Waals surface area contributed by atoms with E-state index in [0.29, 0.717) is 17.8 Å². The lowest BCUT2D eigenvalue weighted by Crippen LogP contribution is -2.49. The number of carbonyl (C=O) groups excluding carboxylic acids is 2. The predicted octanol–water partition coefficient (Wildman–Crippen LogP) is 2.53. The topological polar surface area (TPSA) is 52.6 Å². The number of anilines is 1. The number of benzene rings is 1. The molecule has 1 aromatic heterocycles. The fourth-order valence-corrected chi connectivity index (χ4v) is 3.69. The molecule has 1 saturated heterocycles. The van der Waals surface area contributed by atoms with Crippen LogP contribution in [-0.4, -0.2) is 49.4 Å². The molecule has 1 aliphatic heterocycles. The maximum Gasteiger partial charge on any atom is 0.261 e. The van der Waals surface area contributed by atoms with Crippen LogP contribution in [0.2, 0.25) is 0 Å². The van der Waals surface area contributed by atoms with Crippen LogP contribution < -0.4 is 10.2 Å². The standard InChI is InChI=1S/C19H23N3O2S/c1-15-5-2-3-6-16(15)21-10-12-22(13-11-21)18(23)8-9-20-19(24)17-7-4-14-25-17/h2-7,14H,8-13H2,1H3,(H,20,24). The molecule has 0 aliphatic carbocycles. The summed E-state index contributed by atoms with van der Waals surface area (Å²) in [6, 6.07) is 12.0. The quantitative estimate of drug-likeness (QED) is 0.895. The van der Waals surface area contributed by atoms with Crippen LogP contribution in [0.5, 0.6) is 0 Å². The summed E-state index contributed by atoms with van der Waals surface area (Å²) >= 11 is 1.40. The van der Waals surface area contributed by atoms with Crippen LogP contribution in [0.3, 0.4) is 0 Å². The number of hydrogen-bond donors (Lipinski definition) is 1. The van der Waals surface area contributed by atoms with Crippen molar-refractivity contribution >= 4 is 28.8 Å². The largest absolute Gasteiger partial charge is 0.368 e. The Bertz CT molecular complexity index is 722. The van der Waals surface area contributed by atoms with Crippen molar-refractivity contribution in [3.63, 3.8) is 0 Å². The number of aryl methyl sites for hydroxylation is 1. The van der Waals surface area contributed by atoms with Gasteiger partial charge in [0.2, 0.25) is 5.91 Å². The maximum absolute atomic E-state index is 12.3. The first-order valence-electron chi connectivity index (χ1n) is 8.55. The molecule has 25 heavy (non-hydrogen) atoms. The highest BCUT2D eigenvalue weighted by molar-refractivity contribution is 7.12. The van der Waals surface area contributed by atoms with Crippen molar-refractivity contribution in [1.82, 2.24) is 10.2 Å². The van der Waals surface area contributed by atoms with Gasteiger partial charge in [-0.05, 0) is 30.0 Å². The number of carbonyl (C=O) groups is 2. The van der Waals surface area contributed by atoms with Crippen molar-refractivity contribution in [3.05, 3.63) is 52.2 Å². The molecule has 0 bridgehead atoms. The molecule has 132 valence electrons. The molecule has 0 atom stereocenters. The summed E-state index contributed by atoms with van der Waals surface area (Å²) in [4.78, 5) is 29.1. The number of rotatable bonds is 5. The van der Waals surface area contributed by atoms with E-state index in [1.54, 1.807) is 6.07 Å². The summed E-state index contributed by atoms with van der Waals surface area (Å²) in [5.41, 5.74) is 2.51. The Morgan fingerprint density at radius 2 is 1.84 bits per heavy atom. The van der Waals surface area contributed by atoms with E-state index in [0.717, 1.165) is 26.2 Å².